The van der Waals surface area contributed by atoms with E-state index < -0.39 is 5.97 Å². The number of morpholine rings is 1. The topological polar surface area (TPSA) is 82.9 Å². The van der Waals surface area contributed by atoms with E-state index in [9.17, 15) is 15.0 Å². The fraction of sp³-hybridized carbons (Fsp3) is 0.333. The minimum absolute atomic E-state index is 0. The number of carboxylic acids is 1. The molecular weight excluding hydrogens is 308 g/mol. The third-order valence-corrected chi connectivity index (χ3v) is 3.65. The van der Waals surface area contributed by atoms with E-state index in [4.69, 9.17) is 4.74 Å². The molecule has 1 saturated heterocycles. The first-order valence-corrected chi connectivity index (χ1v) is 6.81. The van der Waals surface area contributed by atoms with Crippen molar-refractivity contribution in [2.24, 2.45) is 0 Å². The smallest absolute Gasteiger partial charge is 0.354 e. The highest BCUT2D eigenvalue weighted by molar-refractivity contribution is 5.95. The summed E-state index contributed by atoms with van der Waals surface area (Å²) in [4.78, 5) is 17.7. The van der Waals surface area contributed by atoms with E-state index in [1.807, 2.05) is 0 Å². The second-order valence-electron chi connectivity index (χ2n) is 5.00. The maximum absolute atomic E-state index is 11.4. The van der Waals surface area contributed by atoms with Gasteiger partial charge in [0.25, 0.3) is 0 Å². The van der Waals surface area contributed by atoms with E-state index >= 15 is 0 Å². The van der Waals surface area contributed by atoms with Crippen LogP contribution in [0.1, 0.15) is 16.1 Å². The number of pyridine rings is 1. The number of benzene rings is 1. The summed E-state index contributed by atoms with van der Waals surface area (Å²) in [5.74, 6) is -1.12. The van der Waals surface area contributed by atoms with Crippen molar-refractivity contribution < 1.29 is 19.7 Å². The predicted octanol–water partition coefficient (Wildman–Crippen LogP) is 1.89. The minimum atomic E-state index is -1.13. The van der Waals surface area contributed by atoms with Gasteiger partial charge < -0.3 is 14.9 Å². The van der Waals surface area contributed by atoms with Gasteiger partial charge in [-0.1, -0.05) is 12.1 Å². The zero-order chi connectivity index (χ0) is 14.8. The van der Waals surface area contributed by atoms with Crippen LogP contribution in [0.25, 0.3) is 10.9 Å². The van der Waals surface area contributed by atoms with Crippen LogP contribution in [0.4, 0.5) is 0 Å². The first-order valence-electron chi connectivity index (χ1n) is 6.81. The average Bonchev–Trinajstić information content (AvgIpc) is 2.51. The van der Waals surface area contributed by atoms with E-state index in [2.05, 4.69) is 9.88 Å². The fourth-order valence-corrected chi connectivity index (χ4v) is 2.54. The molecule has 1 aromatic carbocycles. The molecule has 1 fully saturated rings. The third-order valence-electron chi connectivity index (χ3n) is 3.65. The van der Waals surface area contributed by atoms with Crippen LogP contribution in [-0.4, -0.2) is 52.4 Å². The van der Waals surface area contributed by atoms with E-state index in [0.29, 0.717) is 49.3 Å². The number of fused-ring (bicyclic) bond motifs is 1. The van der Waals surface area contributed by atoms with Crippen LogP contribution < -0.4 is 0 Å². The van der Waals surface area contributed by atoms with Crippen LogP contribution in [-0.2, 0) is 11.3 Å². The average molecular weight is 325 g/mol. The molecule has 0 saturated carbocycles. The molecule has 1 aliphatic rings. The highest BCUT2D eigenvalue weighted by atomic mass is 35.5. The Labute approximate surface area is 133 Å². The van der Waals surface area contributed by atoms with Gasteiger partial charge in [-0.25, -0.2) is 9.78 Å². The normalized spacial score (nSPS) is 15.5. The van der Waals surface area contributed by atoms with E-state index in [0.717, 1.165) is 0 Å². The van der Waals surface area contributed by atoms with Crippen LogP contribution >= 0.6 is 12.4 Å². The van der Waals surface area contributed by atoms with Gasteiger partial charge in [-0.2, -0.15) is 0 Å². The summed E-state index contributed by atoms with van der Waals surface area (Å²) in [6.07, 6.45) is 0. The van der Waals surface area contributed by atoms with E-state index in [1.54, 1.807) is 24.3 Å². The maximum Gasteiger partial charge on any atom is 0.354 e. The van der Waals surface area contributed by atoms with Crippen molar-refractivity contribution in [3.63, 3.8) is 0 Å². The summed E-state index contributed by atoms with van der Waals surface area (Å²) in [6.45, 7) is 3.01. The standard InChI is InChI=1S/C15H16N2O4.ClH/c18-14-10-3-1-2-4-12(10)16-13(15(19)20)11(14)9-17-5-7-21-8-6-17;/h1-4H,5-9H2,(H,16,18)(H,19,20);1H. The molecule has 7 heteroatoms. The quantitative estimate of drug-likeness (QED) is 0.897. The maximum atomic E-state index is 11.4. The Morgan fingerprint density at radius 1 is 1.27 bits per heavy atom. The summed E-state index contributed by atoms with van der Waals surface area (Å²) >= 11 is 0. The van der Waals surface area contributed by atoms with Crippen molar-refractivity contribution in [3.05, 3.63) is 35.5 Å². The Morgan fingerprint density at radius 3 is 2.64 bits per heavy atom. The summed E-state index contributed by atoms with van der Waals surface area (Å²) in [5.41, 5.74) is 0.763. The molecule has 0 atom stereocenters. The molecule has 0 bridgehead atoms. The molecule has 0 aliphatic carbocycles. The lowest BCUT2D eigenvalue weighted by molar-refractivity contribution is 0.0335. The van der Waals surface area contributed by atoms with Crippen LogP contribution in [0.5, 0.6) is 5.75 Å². The molecule has 22 heavy (non-hydrogen) atoms. The number of aromatic carboxylic acids is 1. The van der Waals surface area contributed by atoms with Crippen molar-refractivity contribution in [3.8, 4) is 5.75 Å². The van der Waals surface area contributed by atoms with Crippen molar-refractivity contribution in [2.75, 3.05) is 26.3 Å². The van der Waals surface area contributed by atoms with Crippen LogP contribution in [0.15, 0.2) is 24.3 Å². The second-order valence-corrected chi connectivity index (χ2v) is 5.00. The van der Waals surface area contributed by atoms with Crippen LogP contribution in [0.3, 0.4) is 0 Å². The lowest BCUT2D eigenvalue weighted by atomic mass is 10.1. The van der Waals surface area contributed by atoms with Gasteiger partial charge in [-0.3, -0.25) is 4.90 Å². The largest absolute Gasteiger partial charge is 0.507 e. The molecule has 6 nitrogen and oxygen atoms in total. The highest BCUT2D eigenvalue weighted by Crippen LogP contribution is 2.30. The van der Waals surface area contributed by atoms with Gasteiger partial charge in [0, 0.05) is 30.6 Å². The molecule has 2 heterocycles. The first-order chi connectivity index (χ1) is 10.2. The minimum Gasteiger partial charge on any atom is -0.507 e. The van der Waals surface area contributed by atoms with Crippen molar-refractivity contribution >= 4 is 29.3 Å². The monoisotopic (exact) mass is 324 g/mol. The van der Waals surface area contributed by atoms with Crippen molar-refractivity contribution in [1.29, 1.82) is 0 Å². The number of hydrogen-bond acceptors (Lipinski definition) is 5. The lowest BCUT2D eigenvalue weighted by Gasteiger charge is -2.27. The summed E-state index contributed by atoms with van der Waals surface area (Å²) in [6, 6.07) is 7.00. The van der Waals surface area contributed by atoms with Crippen molar-refractivity contribution in [2.45, 2.75) is 6.54 Å². The van der Waals surface area contributed by atoms with E-state index in [1.165, 1.54) is 0 Å². The molecule has 2 N–H and O–H groups in total. The Kier molecular flexibility index (Phi) is 5.18. The zero-order valence-electron chi connectivity index (χ0n) is 11.9. The summed E-state index contributed by atoms with van der Waals surface area (Å²) in [7, 11) is 0. The molecule has 1 aromatic heterocycles. The number of aromatic nitrogens is 1. The molecule has 118 valence electrons. The number of nitrogens with zero attached hydrogens (tertiary/aromatic N) is 2. The van der Waals surface area contributed by atoms with Gasteiger partial charge in [-0.15, -0.1) is 12.4 Å². The molecule has 0 unspecified atom stereocenters. The van der Waals surface area contributed by atoms with Crippen molar-refractivity contribution in [1.82, 2.24) is 9.88 Å². The Balaban J connectivity index is 0.00000176. The van der Waals surface area contributed by atoms with Gasteiger partial charge in [0.15, 0.2) is 5.69 Å². The summed E-state index contributed by atoms with van der Waals surface area (Å²) in [5, 5.41) is 20.4. The molecule has 0 amide bonds. The number of carboxylic acid groups (broad SMARTS) is 1. The zero-order valence-corrected chi connectivity index (χ0v) is 12.7. The molecular formula is C15H17ClN2O4. The van der Waals surface area contributed by atoms with Gasteiger partial charge in [-0.05, 0) is 12.1 Å². The fourth-order valence-electron chi connectivity index (χ4n) is 2.54. The van der Waals surface area contributed by atoms with Gasteiger partial charge in [0.2, 0.25) is 0 Å². The number of hydrogen-bond donors (Lipinski definition) is 2. The van der Waals surface area contributed by atoms with Gasteiger partial charge in [0.05, 0.1) is 18.7 Å². The number of rotatable bonds is 3. The number of aromatic hydroxyl groups is 1. The molecule has 3 rings (SSSR count). The number of carbonyl (C=O) groups is 1. The first kappa shape index (κ1) is 16.5. The summed E-state index contributed by atoms with van der Waals surface area (Å²) < 4.78 is 5.28. The molecule has 2 aromatic rings. The highest BCUT2D eigenvalue weighted by Gasteiger charge is 2.22. The Hall–Kier alpha value is -1.89. The van der Waals surface area contributed by atoms with E-state index in [-0.39, 0.29) is 23.9 Å². The molecule has 1 aliphatic heterocycles. The molecule has 0 spiro atoms. The van der Waals surface area contributed by atoms with Crippen LogP contribution in [0.2, 0.25) is 0 Å². The lowest BCUT2D eigenvalue weighted by Crippen LogP contribution is -2.36. The van der Waals surface area contributed by atoms with Gasteiger partial charge in [0.1, 0.15) is 5.75 Å². The Bertz CT molecular complexity index is 687. The Morgan fingerprint density at radius 2 is 1.95 bits per heavy atom. The SMILES string of the molecule is Cl.O=C(O)c1nc2ccccc2c(O)c1CN1CCOCC1. The molecule has 0 radical (unpaired) electrons. The second kappa shape index (κ2) is 6.91. The number of para-hydroxylation sites is 1. The van der Waals surface area contributed by atoms with Gasteiger partial charge >= 0.3 is 5.97 Å². The number of halogens is 1. The van der Waals surface area contributed by atoms with Crippen LogP contribution in [0, 0.1) is 0 Å². The number of ether oxygens (including phenoxy) is 1. The predicted molar refractivity (Wildman–Crippen MR) is 83.7 cm³/mol. The third kappa shape index (κ3) is 3.14.